The van der Waals surface area contributed by atoms with Crippen molar-refractivity contribution in [2.45, 2.75) is 12.5 Å². The van der Waals surface area contributed by atoms with E-state index in [4.69, 9.17) is 31.5 Å². The Morgan fingerprint density at radius 2 is 1.70 bits per heavy atom. The molecule has 0 bridgehead atoms. The molecule has 6 nitrogen and oxygen atoms in total. The summed E-state index contributed by atoms with van der Waals surface area (Å²) in [6.45, 7) is 0.284. The van der Waals surface area contributed by atoms with Gasteiger partial charge in [-0.15, -0.1) is 0 Å². The minimum Gasteiger partial charge on any atom is -0.489 e. The van der Waals surface area contributed by atoms with Crippen molar-refractivity contribution in [3.05, 3.63) is 142 Å². The number of nitriles is 1. The number of halogens is 2. The molecule has 1 aliphatic rings. The third kappa shape index (κ3) is 6.15. The van der Waals surface area contributed by atoms with Gasteiger partial charge in [-0.3, -0.25) is 0 Å². The number of carbonyl (C=O) groups excluding carboxylic acids is 1. The number of nitrogens with two attached hydrogens (primary N) is 1. The molecule has 0 aromatic heterocycles. The van der Waals surface area contributed by atoms with Crippen LogP contribution < -0.4 is 19.9 Å². The van der Waals surface area contributed by atoms with E-state index in [2.05, 4.69) is 6.07 Å². The highest BCUT2D eigenvalue weighted by Gasteiger charge is 2.31. The molecule has 0 fully saturated rings. The molecule has 5 rings (SSSR count). The first kappa shape index (κ1) is 26.5. The van der Waals surface area contributed by atoms with E-state index < -0.39 is 11.9 Å². The minimum absolute atomic E-state index is 0.0252. The molecular weight excluding hydrogens is 531 g/mol. The van der Waals surface area contributed by atoms with Crippen molar-refractivity contribution >= 4 is 23.6 Å². The van der Waals surface area contributed by atoms with E-state index in [1.54, 1.807) is 72.8 Å². The van der Waals surface area contributed by atoms with E-state index in [9.17, 15) is 14.4 Å². The first-order chi connectivity index (χ1) is 19.4. The number of fused-ring (bicyclic) bond motifs is 1. The Balaban J connectivity index is 1.32. The maximum absolute atomic E-state index is 13.1. The van der Waals surface area contributed by atoms with Gasteiger partial charge in [0.1, 0.15) is 41.3 Å². The van der Waals surface area contributed by atoms with E-state index in [-0.39, 0.29) is 29.6 Å². The molecule has 0 spiro atoms. The van der Waals surface area contributed by atoms with Gasteiger partial charge in [0.25, 0.3) is 0 Å². The molecule has 4 aromatic rings. The molecule has 0 amide bonds. The molecular formula is C32H22ClFN2O4. The predicted octanol–water partition coefficient (Wildman–Crippen LogP) is 6.90. The summed E-state index contributed by atoms with van der Waals surface area (Å²) in [6, 6.07) is 27.5. The van der Waals surface area contributed by atoms with Crippen LogP contribution in [0.25, 0.3) is 6.08 Å². The van der Waals surface area contributed by atoms with Gasteiger partial charge < -0.3 is 19.9 Å². The molecule has 8 heteroatoms. The molecule has 0 aliphatic carbocycles. The molecule has 0 radical (unpaired) electrons. The highest BCUT2D eigenvalue weighted by Crippen LogP contribution is 2.43. The van der Waals surface area contributed by atoms with Gasteiger partial charge in [-0.05, 0) is 65.2 Å². The minimum atomic E-state index is -0.570. The fourth-order valence-corrected chi connectivity index (χ4v) is 4.36. The third-order valence-corrected chi connectivity index (χ3v) is 6.48. The standard InChI is InChI=1S/C32H22ClFN2O4/c33-23-8-1-20(2-9-23)5-16-30(37)39-26-14-15-27-29(17-26)40-32(36)28(18-35)31(27)22-6-12-25(13-7-22)38-19-21-3-10-24(34)11-4-21/h1-17,31H,19,36H2/b16-5+. The summed E-state index contributed by atoms with van der Waals surface area (Å²) in [5.41, 5.74) is 9.51. The number of benzene rings is 4. The van der Waals surface area contributed by atoms with Gasteiger partial charge in [0.2, 0.25) is 5.88 Å². The quantitative estimate of drug-likeness (QED) is 0.152. The van der Waals surface area contributed by atoms with Crippen LogP contribution in [0.5, 0.6) is 17.2 Å². The lowest BCUT2D eigenvalue weighted by Crippen LogP contribution is -2.21. The van der Waals surface area contributed by atoms with Gasteiger partial charge in [-0.25, -0.2) is 9.18 Å². The maximum Gasteiger partial charge on any atom is 0.336 e. The second kappa shape index (κ2) is 11.8. The Morgan fingerprint density at radius 1 is 1.00 bits per heavy atom. The van der Waals surface area contributed by atoms with Crippen LogP contribution in [0.2, 0.25) is 5.02 Å². The Morgan fingerprint density at radius 3 is 2.40 bits per heavy atom. The molecule has 0 saturated heterocycles. The van der Waals surface area contributed by atoms with Crippen LogP contribution in [0.4, 0.5) is 4.39 Å². The zero-order valence-electron chi connectivity index (χ0n) is 21.0. The number of nitrogens with zero attached hydrogens (tertiary/aromatic N) is 1. The van der Waals surface area contributed by atoms with E-state index in [0.29, 0.717) is 22.1 Å². The average Bonchev–Trinajstić information content (AvgIpc) is 2.96. The van der Waals surface area contributed by atoms with Gasteiger partial charge in [-0.1, -0.05) is 54.1 Å². The van der Waals surface area contributed by atoms with Crippen LogP contribution in [0.15, 0.2) is 109 Å². The van der Waals surface area contributed by atoms with E-state index >= 15 is 0 Å². The summed E-state index contributed by atoms with van der Waals surface area (Å²) in [5.74, 6) is -0.130. The molecule has 40 heavy (non-hydrogen) atoms. The Kier molecular flexibility index (Phi) is 7.81. The molecule has 198 valence electrons. The van der Waals surface area contributed by atoms with E-state index in [1.807, 2.05) is 12.1 Å². The largest absolute Gasteiger partial charge is 0.489 e. The predicted molar refractivity (Wildman–Crippen MR) is 149 cm³/mol. The van der Waals surface area contributed by atoms with Gasteiger partial charge in [0.15, 0.2) is 0 Å². The average molecular weight is 553 g/mol. The van der Waals surface area contributed by atoms with E-state index in [0.717, 1.165) is 16.7 Å². The van der Waals surface area contributed by atoms with Crippen LogP contribution in [0, 0.1) is 17.1 Å². The molecule has 1 aliphatic heterocycles. The first-order valence-electron chi connectivity index (χ1n) is 12.2. The second-order valence-electron chi connectivity index (χ2n) is 8.91. The number of hydrogen-bond donors (Lipinski definition) is 1. The molecule has 0 saturated carbocycles. The van der Waals surface area contributed by atoms with Gasteiger partial charge in [-0.2, -0.15) is 5.26 Å². The highest BCUT2D eigenvalue weighted by molar-refractivity contribution is 6.30. The van der Waals surface area contributed by atoms with Crippen LogP contribution in [-0.4, -0.2) is 5.97 Å². The monoisotopic (exact) mass is 552 g/mol. The van der Waals surface area contributed by atoms with Crippen LogP contribution in [0.1, 0.15) is 28.2 Å². The SMILES string of the molecule is N#CC1=C(N)Oc2cc(OC(=O)/C=C/c3ccc(Cl)cc3)ccc2C1c1ccc(OCc2ccc(F)cc2)cc1. The van der Waals surface area contributed by atoms with Gasteiger partial charge in [0, 0.05) is 22.7 Å². The van der Waals surface area contributed by atoms with Gasteiger partial charge >= 0.3 is 5.97 Å². The van der Waals surface area contributed by atoms with Crippen LogP contribution >= 0.6 is 11.6 Å². The van der Waals surface area contributed by atoms with Crippen molar-refractivity contribution in [2.75, 3.05) is 0 Å². The molecule has 2 N–H and O–H groups in total. The number of rotatable bonds is 7. The Hall–Kier alpha value is -5.06. The Bertz CT molecular complexity index is 1640. The van der Waals surface area contributed by atoms with Crippen molar-refractivity contribution in [1.82, 2.24) is 0 Å². The third-order valence-electron chi connectivity index (χ3n) is 6.22. The fraction of sp³-hybridized carbons (Fsp3) is 0.0625. The number of ether oxygens (including phenoxy) is 3. The van der Waals surface area contributed by atoms with Crippen molar-refractivity contribution in [2.24, 2.45) is 5.73 Å². The molecule has 1 atom stereocenters. The lowest BCUT2D eigenvalue weighted by molar-refractivity contribution is -0.128. The smallest absolute Gasteiger partial charge is 0.336 e. The summed E-state index contributed by atoms with van der Waals surface area (Å²) in [5, 5.41) is 10.4. The summed E-state index contributed by atoms with van der Waals surface area (Å²) in [7, 11) is 0. The molecule has 1 unspecified atom stereocenters. The lowest BCUT2D eigenvalue weighted by atomic mass is 9.83. The fourth-order valence-electron chi connectivity index (χ4n) is 4.23. The Labute approximate surface area is 235 Å². The summed E-state index contributed by atoms with van der Waals surface area (Å²) < 4.78 is 30.1. The van der Waals surface area contributed by atoms with E-state index in [1.165, 1.54) is 18.2 Å². The van der Waals surface area contributed by atoms with Crippen molar-refractivity contribution in [1.29, 1.82) is 5.26 Å². The molecule has 1 heterocycles. The van der Waals surface area contributed by atoms with Gasteiger partial charge in [0.05, 0.1) is 5.92 Å². The van der Waals surface area contributed by atoms with Crippen molar-refractivity contribution < 1.29 is 23.4 Å². The summed E-state index contributed by atoms with van der Waals surface area (Å²) in [4.78, 5) is 12.4. The zero-order valence-corrected chi connectivity index (χ0v) is 21.8. The number of carbonyl (C=O) groups is 1. The lowest BCUT2D eigenvalue weighted by Gasteiger charge is -2.26. The van der Waals surface area contributed by atoms with Crippen molar-refractivity contribution in [3.8, 4) is 23.3 Å². The normalized spacial score (nSPS) is 14.3. The second-order valence-corrected chi connectivity index (χ2v) is 9.35. The van der Waals surface area contributed by atoms with Crippen LogP contribution in [-0.2, 0) is 11.4 Å². The number of allylic oxidation sites excluding steroid dienone is 1. The van der Waals surface area contributed by atoms with Crippen molar-refractivity contribution in [3.63, 3.8) is 0 Å². The summed E-state index contributed by atoms with van der Waals surface area (Å²) in [6.07, 6.45) is 2.94. The topological polar surface area (TPSA) is 94.6 Å². The highest BCUT2D eigenvalue weighted by atomic mass is 35.5. The van der Waals surface area contributed by atoms with Crippen LogP contribution in [0.3, 0.4) is 0 Å². The molecule has 4 aromatic carbocycles. The summed E-state index contributed by atoms with van der Waals surface area (Å²) >= 11 is 5.89. The zero-order chi connectivity index (χ0) is 28.1. The maximum atomic E-state index is 13.1. The number of esters is 1. The first-order valence-corrected chi connectivity index (χ1v) is 12.6. The number of hydrogen-bond acceptors (Lipinski definition) is 6.